The van der Waals surface area contributed by atoms with E-state index in [2.05, 4.69) is 10.3 Å². The van der Waals surface area contributed by atoms with Crippen LogP contribution in [0.25, 0.3) is 16.8 Å². The molecule has 1 N–H and O–H groups in total. The Bertz CT molecular complexity index is 1070. The summed E-state index contributed by atoms with van der Waals surface area (Å²) in [5.41, 5.74) is 2.19. The van der Waals surface area contributed by atoms with Crippen LogP contribution in [-0.2, 0) is 0 Å². The van der Waals surface area contributed by atoms with Gasteiger partial charge in [0.15, 0.2) is 0 Å². The van der Waals surface area contributed by atoms with E-state index in [9.17, 15) is 13.6 Å². The fraction of sp³-hybridized carbons (Fsp3) is 0. The van der Waals surface area contributed by atoms with Gasteiger partial charge in [-0.05, 0) is 30.3 Å². The standard InChI is InChI=1S/C18H11F2N3O2/c19-13-2-3-14(20)15(7-13)22-18(24)16-9-23-8-11(1-4-17(23)21-16)12-5-6-25-10-12/h1-10H,(H,22,24). The molecule has 3 heterocycles. The number of benzene rings is 1. The number of imidazole rings is 1. The van der Waals surface area contributed by atoms with Crippen LogP contribution in [0.3, 0.4) is 0 Å². The predicted molar refractivity (Wildman–Crippen MR) is 87.2 cm³/mol. The summed E-state index contributed by atoms with van der Waals surface area (Å²) in [6.45, 7) is 0. The zero-order valence-corrected chi connectivity index (χ0v) is 12.7. The Kier molecular flexibility index (Phi) is 3.53. The average molecular weight is 339 g/mol. The number of furan rings is 1. The summed E-state index contributed by atoms with van der Waals surface area (Å²) in [5.74, 6) is -1.99. The van der Waals surface area contributed by atoms with Crippen molar-refractivity contribution >= 4 is 17.2 Å². The molecule has 0 aliphatic heterocycles. The molecule has 4 rings (SSSR count). The van der Waals surface area contributed by atoms with Crippen LogP contribution in [0.4, 0.5) is 14.5 Å². The van der Waals surface area contributed by atoms with Gasteiger partial charge in [0, 0.05) is 29.6 Å². The van der Waals surface area contributed by atoms with E-state index >= 15 is 0 Å². The van der Waals surface area contributed by atoms with Crippen molar-refractivity contribution in [3.05, 3.63) is 78.6 Å². The Morgan fingerprint density at radius 2 is 1.96 bits per heavy atom. The van der Waals surface area contributed by atoms with Crippen LogP contribution >= 0.6 is 0 Å². The number of rotatable bonds is 3. The number of nitrogens with one attached hydrogen (secondary N) is 1. The van der Waals surface area contributed by atoms with Gasteiger partial charge in [0.25, 0.3) is 5.91 Å². The molecule has 7 heteroatoms. The summed E-state index contributed by atoms with van der Waals surface area (Å²) in [5, 5.41) is 2.33. The fourth-order valence-electron chi connectivity index (χ4n) is 2.48. The number of hydrogen-bond acceptors (Lipinski definition) is 3. The van der Waals surface area contributed by atoms with E-state index in [0.717, 1.165) is 29.3 Å². The molecule has 124 valence electrons. The van der Waals surface area contributed by atoms with Crippen molar-refractivity contribution in [3.63, 3.8) is 0 Å². The number of pyridine rings is 1. The fourth-order valence-corrected chi connectivity index (χ4v) is 2.48. The Morgan fingerprint density at radius 3 is 2.76 bits per heavy atom. The summed E-state index contributed by atoms with van der Waals surface area (Å²) >= 11 is 0. The van der Waals surface area contributed by atoms with Crippen LogP contribution in [0.5, 0.6) is 0 Å². The lowest BCUT2D eigenvalue weighted by molar-refractivity contribution is 0.102. The molecule has 0 aliphatic carbocycles. The number of fused-ring (bicyclic) bond motifs is 1. The molecule has 0 saturated heterocycles. The third-order valence-electron chi connectivity index (χ3n) is 3.71. The van der Waals surface area contributed by atoms with Crippen molar-refractivity contribution in [3.8, 4) is 11.1 Å². The molecule has 0 spiro atoms. The Labute approximate surface area is 140 Å². The first-order valence-electron chi connectivity index (χ1n) is 7.38. The van der Waals surface area contributed by atoms with Gasteiger partial charge < -0.3 is 14.1 Å². The van der Waals surface area contributed by atoms with Gasteiger partial charge in [0.2, 0.25) is 0 Å². The topological polar surface area (TPSA) is 59.5 Å². The van der Waals surface area contributed by atoms with E-state index < -0.39 is 17.5 Å². The maximum atomic E-state index is 13.6. The van der Waals surface area contributed by atoms with E-state index in [-0.39, 0.29) is 11.4 Å². The second kappa shape index (κ2) is 5.86. The summed E-state index contributed by atoms with van der Waals surface area (Å²) < 4.78 is 33.6. The second-order valence-electron chi connectivity index (χ2n) is 5.40. The SMILES string of the molecule is O=C(Nc1cc(F)ccc1F)c1cn2cc(-c3ccoc3)ccc2n1. The summed E-state index contributed by atoms with van der Waals surface area (Å²) in [6.07, 6.45) is 6.50. The van der Waals surface area contributed by atoms with Crippen LogP contribution in [0.15, 0.2) is 65.7 Å². The molecule has 3 aromatic heterocycles. The molecular weight excluding hydrogens is 328 g/mol. The first-order chi connectivity index (χ1) is 12.1. The predicted octanol–water partition coefficient (Wildman–Crippen LogP) is 4.12. The van der Waals surface area contributed by atoms with E-state index in [0.29, 0.717) is 5.65 Å². The quantitative estimate of drug-likeness (QED) is 0.611. The van der Waals surface area contributed by atoms with Crippen LogP contribution in [0, 0.1) is 11.6 Å². The number of anilines is 1. The average Bonchev–Trinajstić information content (AvgIpc) is 3.26. The molecule has 0 atom stereocenters. The molecule has 0 unspecified atom stereocenters. The lowest BCUT2D eigenvalue weighted by Gasteiger charge is -2.04. The van der Waals surface area contributed by atoms with E-state index in [1.54, 1.807) is 29.2 Å². The summed E-state index contributed by atoms with van der Waals surface area (Å²) in [4.78, 5) is 16.5. The Hall–Kier alpha value is -3.48. The number of amides is 1. The maximum Gasteiger partial charge on any atom is 0.275 e. The molecule has 0 saturated carbocycles. The minimum Gasteiger partial charge on any atom is -0.472 e. The van der Waals surface area contributed by atoms with E-state index in [1.807, 2.05) is 12.1 Å². The molecule has 0 fully saturated rings. The van der Waals surface area contributed by atoms with Crippen molar-refractivity contribution in [1.82, 2.24) is 9.38 Å². The largest absolute Gasteiger partial charge is 0.472 e. The zero-order valence-electron chi connectivity index (χ0n) is 12.7. The van der Waals surface area contributed by atoms with Gasteiger partial charge in [-0.2, -0.15) is 0 Å². The normalized spacial score (nSPS) is 11.0. The van der Waals surface area contributed by atoms with E-state index in [4.69, 9.17) is 4.42 Å². The van der Waals surface area contributed by atoms with Crippen molar-refractivity contribution in [1.29, 1.82) is 0 Å². The van der Waals surface area contributed by atoms with Gasteiger partial charge in [0.1, 0.15) is 23.0 Å². The van der Waals surface area contributed by atoms with Crippen LogP contribution in [-0.4, -0.2) is 15.3 Å². The van der Waals surface area contributed by atoms with Crippen molar-refractivity contribution in [2.75, 3.05) is 5.32 Å². The lowest BCUT2D eigenvalue weighted by Crippen LogP contribution is -2.13. The monoisotopic (exact) mass is 339 g/mol. The second-order valence-corrected chi connectivity index (χ2v) is 5.40. The molecule has 0 aliphatic rings. The highest BCUT2D eigenvalue weighted by Crippen LogP contribution is 2.21. The van der Waals surface area contributed by atoms with Crippen molar-refractivity contribution < 1.29 is 18.0 Å². The maximum absolute atomic E-state index is 13.6. The molecule has 1 aromatic carbocycles. The van der Waals surface area contributed by atoms with Gasteiger partial charge in [0.05, 0.1) is 18.2 Å². The number of nitrogens with zero attached hydrogens (tertiary/aromatic N) is 2. The van der Waals surface area contributed by atoms with Gasteiger partial charge in [-0.15, -0.1) is 0 Å². The molecule has 5 nitrogen and oxygen atoms in total. The first kappa shape index (κ1) is 15.1. The van der Waals surface area contributed by atoms with Crippen LogP contribution in [0.2, 0.25) is 0 Å². The Balaban J connectivity index is 1.65. The van der Waals surface area contributed by atoms with Crippen LogP contribution < -0.4 is 5.32 Å². The first-order valence-corrected chi connectivity index (χ1v) is 7.38. The minimum absolute atomic E-state index is 0.0907. The van der Waals surface area contributed by atoms with Crippen molar-refractivity contribution in [2.24, 2.45) is 0 Å². The Morgan fingerprint density at radius 1 is 1.08 bits per heavy atom. The number of halogens is 2. The third kappa shape index (κ3) is 2.87. The number of carbonyl (C=O) groups is 1. The van der Waals surface area contributed by atoms with Crippen molar-refractivity contribution in [2.45, 2.75) is 0 Å². The molecular formula is C18H11F2N3O2. The lowest BCUT2D eigenvalue weighted by atomic mass is 10.1. The van der Waals surface area contributed by atoms with Gasteiger partial charge in [-0.3, -0.25) is 4.79 Å². The van der Waals surface area contributed by atoms with E-state index in [1.165, 1.54) is 6.20 Å². The van der Waals surface area contributed by atoms with Crippen LogP contribution in [0.1, 0.15) is 10.5 Å². The zero-order chi connectivity index (χ0) is 17.4. The highest BCUT2D eigenvalue weighted by Gasteiger charge is 2.14. The smallest absolute Gasteiger partial charge is 0.275 e. The summed E-state index contributed by atoms with van der Waals surface area (Å²) in [6, 6.07) is 8.26. The van der Waals surface area contributed by atoms with Gasteiger partial charge in [-0.25, -0.2) is 13.8 Å². The highest BCUT2D eigenvalue weighted by molar-refractivity contribution is 6.03. The number of carbonyl (C=O) groups excluding carboxylic acids is 1. The molecule has 1 amide bonds. The highest BCUT2D eigenvalue weighted by atomic mass is 19.1. The third-order valence-corrected chi connectivity index (χ3v) is 3.71. The molecule has 0 radical (unpaired) electrons. The van der Waals surface area contributed by atoms with Gasteiger partial charge in [-0.1, -0.05) is 0 Å². The molecule has 25 heavy (non-hydrogen) atoms. The summed E-state index contributed by atoms with van der Waals surface area (Å²) in [7, 11) is 0. The van der Waals surface area contributed by atoms with Gasteiger partial charge >= 0.3 is 0 Å². The number of aromatic nitrogens is 2. The molecule has 4 aromatic rings. The molecule has 0 bridgehead atoms. The number of hydrogen-bond donors (Lipinski definition) is 1. The minimum atomic E-state index is -0.722.